The molecule has 1 fully saturated rings. The van der Waals surface area contributed by atoms with Gasteiger partial charge in [-0.1, -0.05) is 36.4 Å². The molecule has 1 atom stereocenters. The minimum absolute atomic E-state index is 0.0677. The summed E-state index contributed by atoms with van der Waals surface area (Å²) in [4.78, 5) is 17.0. The number of carbonyl (C=O) groups excluding carboxylic acids is 1. The Balaban J connectivity index is 1.72. The van der Waals surface area contributed by atoms with Gasteiger partial charge < -0.3 is 10.0 Å². The van der Waals surface area contributed by atoms with Crippen LogP contribution in [0.1, 0.15) is 32.3 Å². The van der Waals surface area contributed by atoms with Crippen molar-refractivity contribution in [2.45, 2.75) is 33.2 Å². The van der Waals surface area contributed by atoms with Crippen molar-refractivity contribution in [1.82, 2.24) is 9.80 Å². The average Bonchev–Trinajstić information content (AvgIpc) is 2.71. The zero-order chi connectivity index (χ0) is 19.2. The first-order valence-corrected chi connectivity index (χ1v) is 10.0. The van der Waals surface area contributed by atoms with Gasteiger partial charge in [-0.25, -0.2) is 0 Å². The van der Waals surface area contributed by atoms with E-state index in [1.54, 1.807) is 6.07 Å². The van der Waals surface area contributed by atoms with Crippen LogP contribution in [0, 0.1) is 5.92 Å². The van der Waals surface area contributed by atoms with Gasteiger partial charge in [-0.2, -0.15) is 0 Å². The number of rotatable bonds is 6. The Bertz CT molecular complexity index is 756. The fourth-order valence-corrected chi connectivity index (χ4v) is 3.96. The summed E-state index contributed by atoms with van der Waals surface area (Å²) < 4.78 is 0. The van der Waals surface area contributed by atoms with Crippen LogP contribution in [0.4, 0.5) is 0 Å². The molecule has 2 aromatic rings. The number of likely N-dealkylation sites (tertiary alicyclic amines) is 1. The lowest BCUT2D eigenvalue weighted by molar-refractivity contribution is -0.137. The molecule has 1 amide bonds. The molecule has 0 aromatic heterocycles. The largest absolute Gasteiger partial charge is 0.508 e. The molecule has 0 bridgehead atoms. The van der Waals surface area contributed by atoms with Gasteiger partial charge in [0, 0.05) is 31.7 Å². The van der Waals surface area contributed by atoms with Crippen LogP contribution < -0.4 is 0 Å². The van der Waals surface area contributed by atoms with Crippen molar-refractivity contribution in [2.24, 2.45) is 5.92 Å². The van der Waals surface area contributed by atoms with Crippen molar-refractivity contribution in [1.29, 1.82) is 0 Å². The van der Waals surface area contributed by atoms with Crippen LogP contribution in [0.5, 0.6) is 5.75 Å². The third-order valence-electron chi connectivity index (χ3n) is 5.51. The SMILES string of the molecule is CCN(CC)C(=O)C1CCCN(Cc2cc(-c3ccccc3)ccc2O)C1. The summed E-state index contributed by atoms with van der Waals surface area (Å²) in [5, 5.41) is 10.4. The van der Waals surface area contributed by atoms with Gasteiger partial charge in [0.2, 0.25) is 5.91 Å². The van der Waals surface area contributed by atoms with E-state index >= 15 is 0 Å². The first kappa shape index (κ1) is 19.4. The molecule has 2 aromatic carbocycles. The number of benzene rings is 2. The highest BCUT2D eigenvalue weighted by Crippen LogP contribution is 2.28. The van der Waals surface area contributed by atoms with Crippen LogP contribution in [0.2, 0.25) is 0 Å². The second-order valence-electron chi connectivity index (χ2n) is 7.29. The quantitative estimate of drug-likeness (QED) is 0.836. The van der Waals surface area contributed by atoms with Gasteiger partial charge in [0.25, 0.3) is 0 Å². The maximum absolute atomic E-state index is 12.7. The van der Waals surface area contributed by atoms with E-state index in [0.717, 1.165) is 55.7 Å². The molecule has 1 N–H and O–H groups in total. The van der Waals surface area contributed by atoms with Crippen molar-refractivity contribution in [3.63, 3.8) is 0 Å². The van der Waals surface area contributed by atoms with Crippen molar-refractivity contribution in [3.05, 3.63) is 54.1 Å². The van der Waals surface area contributed by atoms with Crippen molar-refractivity contribution < 1.29 is 9.90 Å². The molecule has 0 radical (unpaired) electrons. The van der Waals surface area contributed by atoms with Crippen LogP contribution in [0.15, 0.2) is 48.5 Å². The third kappa shape index (κ3) is 4.69. The molecule has 1 aliphatic rings. The van der Waals surface area contributed by atoms with Gasteiger partial charge in [0.15, 0.2) is 0 Å². The topological polar surface area (TPSA) is 43.8 Å². The Kier molecular flexibility index (Phi) is 6.51. The Labute approximate surface area is 162 Å². The molecule has 1 heterocycles. The molecule has 0 aliphatic carbocycles. The maximum Gasteiger partial charge on any atom is 0.226 e. The monoisotopic (exact) mass is 366 g/mol. The molecular formula is C23H30N2O2. The van der Waals surface area contributed by atoms with Crippen LogP contribution in [0.25, 0.3) is 11.1 Å². The normalized spacial score (nSPS) is 17.6. The van der Waals surface area contributed by atoms with Gasteiger partial charge >= 0.3 is 0 Å². The van der Waals surface area contributed by atoms with E-state index < -0.39 is 0 Å². The van der Waals surface area contributed by atoms with E-state index in [1.165, 1.54) is 0 Å². The summed E-state index contributed by atoms with van der Waals surface area (Å²) in [5.74, 6) is 0.664. The molecule has 4 heteroatoms. The minimum atomic E-state index is 0.0677. The molecule has 4 nitrogen and oxygen atoms in total. The summed E-state index contributed by atoms with van der Waals surface area (Å²) in [7, 11) is 0. The predicted octanol–water partition coefficient (Wildman–Crippen LogP) is 4.14. The number of aromatic hydroxyl groups is 1. The first-order chi connectivity index (χ1) is 13.1. The van der Waals surface area contributed by atoms with Crippen molar-refractivity contribution in [2.75, 3.05) is 26.2 Å². The van der Waals surface area contributed by atoms with Crippen molar-refractivity contribution in [3.8, 4) is 16.9 Å². The average molecular weight is 367 g/mol. The van der Waals surface area contributed by atoms with Gasteiger partial charge in [-0.15, -0.1) is 0 Å². The Hall–Kier alpha value is -2.33. The zero-order valence-electron chi connectivity index (χ0n) is 16.4. The highest BCUT2D eigenvalue weighted by atomic mass is 16.3. The van der Waals surface area contributed by atoms with E-state index in [4.69, 9.17) is 0 Å². The number of phenolic OH excluding ortho intramolecular Hbond substituents is 1. The fourth-order valence-electron chi connectivity index (χ4n) is 3.96. The van der Waals surface area contributed by atoms with Gasteiger partial charge in [-0.3, -0.25) is 9.69 Å². The number of amides is 1. The number of carbonyl (C=O) groups is 1. The van der Waals surface area contributed by atoms with Crippen LogP contribution in [0.3, 0.4) is 0 Å². The summed E-state index contributed by atoms with van der Waals surface area (Å²) >= 11 is 0. The maximum atomic E-state index is 12.7. The summed E-state index contributed by atoms with van der Waals surface area (Å²) in [6, 6.07) is 16.0. The lowest BCUT2D eigenvalue weighted by atomic mass is 9.95. The molecule has 27 heavy (non-hydrogen) atoms. The van der Waals surface area contributed by atoms with E-state index in [0.29, 0.717) is 12.3 Å². The molecular weight excluding hydrogens is 336 g/mol. The second-order valence-corrected chi connectivity index (χ2v) is 7.29. The minimum Gasteiger partial charge on any atom is -0.508 e. The van der Waals surface area contributed by atoms with E-state index in [2.05, 4.69) is 23.1 Å². The Morgan fingerprint density at radius 2 is 1.85 bits per heavy atom. The van der Waals surface area contributed by atoms with Crippen molar-refractivity contribution >= 4 is 5.91 Å². The van der Waals surface area contributed by atoms with Crippen LogP contribution in [-0.4, -0.2) is 47.0 Å². The molecule has 3 rings (SSSR count). The Morgan fingerprint density at radius 1 is 1.11 bits per heavy atom. The first-order valence-electron chi connectivity index (χ1n) is 10.0. The highest BCUT2D eigenvalue weighted by Gasteiger charge is 2.28. The number of hydrogen-bond acceptors (Lipinski definition) is 3. The summed E-state index contributed by atoms with van der Waals surface area (Å²) in [6.45, 7) is 8.03. The van der Waals surface area contributed by atoms with E-state index in [1.807, 2.05) is 43.0 Å². The van der Waals surface area contributed by atoms with E-state index in [9.17, 15) is 9.90 Å². The number of nitrogens with zero attached hydrogens (tertiary/aromatic N) is 2. The van der Waals surface area contributed by atoms with Gasteiger partial charge in [0.05, 0.1) is 5.92 Å². The molecule has 0 saturated carbocycles. The molecule has 1 aliphatic heterocycles. The number of phenols is 1. The summed E-state index contributed by atoms with van der Waals surface area (Å²) in [6.07, 6.45) is 1.98. The Morgan fingerprint density at radius 3 is 2.56 bits per heavy atom. The molecule has 144 valence electrons. The number of piperidine rings is 1. The predicted molar refractivity (Wildman–Crippen MR) is 109 cm³/mol. The lowest BCUT2D eigenvalue weighted by Gasteiger charge is -2.34. The zero-order valence-corrected chi connectivity index (χ0v) is 16.4. The molecule has 1 saturated heterocycles. The molecule has 0 spiro atoms. The van der Waals surface area contributed by atoms with Gasteiger partial charge in [-0.05, 0) is 56.5 Å². The van der Waals surface area contributed by atoms with E-state index in [-0.39, 0.29) is 11.8 Å². The van der Waals surface area contributed by atoms with Gasteiger partial charge in [0.1, 0.15) is 5.75 Å². The van der Waals surface area contributed by atoms with Crippen LogP contribution >= 0.6 is 0 Å². The highest BCUT2D eigenvalue weighted by molar-refractivity contribution is 5.79. The standard InChI is InChI=1S/C23H30N2O2/c1-3-25(4-2)23(27)20-11-8-14-24(16-20)17-21-15-19(12-13-22(21)26)18-9-6-5-7-10-18/h5-7,9-10,12-13,15,20,26H,3-4,8,11,14,16-17H2,1-2H3. The van der Waals surface area contributed by atoms with Crippen LogP contribution in [-0.2, 0) is 11.3 Å². The second kappa shape index (κ2) is 9.05. The summed E-state index contributed by atoms with van der Waals surface area (Å²) in [5.41, 5.74) is 3.18. The number of hydrogen-bond donors (Lipinski definition) is 1. The fraction of sp³-hybridized carbons (Fsp3) is 0.435. The lowest BCUT2D eigenvalue weighted by Crippen LogP contribution is -2.44. The smallest absolute Gasteiger partial charge is 0.226 e. The molecule has 1 unspecified atom stereocenters. The third-order valence-corrected chi connectivity index (χ3v) is 5.51.